The number of imidazole rings is 1. The maximum absolute atomic E-state index is 12.5. The minimum atomic E-state index is -0.944. The lowest BCUT2D eigenvalue weighted by molar-refractivity contribution is -0.137. The summed E-state index contributed by atoms with van der Waals surface area (Å²) >= 11 is 0. The van der Waals surface area contributed by atoms with Crippen molar-refractivity contribution < 1.29 is 14.7 Å². The van der Waals surface area contributed by atoms with E-state index in [1.165, 1.54) is 4.90 Å². The number of nitrogen functional groups attached to an aromatic ring is 1. The average molecular weight is 379 g/mol. The number of rotatable bonds is 6. The molecule has 3 aromatic rings. The van der Waals surface area contributed by atoms with E-state index in [1.807, 2.05) is 29.8 Å². The molecule has 0 aliphatic carbocycles. The first kappa shape index (κ1) is 19.1. The van der Waals surface area contributed by atoms with E-state index in [2.05, 4.69) is 4.98 Å². The lowest BCUT2D eigenvalue weighted by Crippen LogP contribution is -2.29. The van der Waals surface area contributed by atoms with Gasteiger partial charge in [-0.1, -0.05) is 24.3 Å². The Morgan fingerprint density at radius 3 is 2.43 bits per heavy atom. The van der Waals surface area contributed by atoms with Crippen molar-refractivity contribution in [3.63, 3.8) is 0 Å². The third-order valence-corrected chi connectivity index (χ3v) is 4.59. The zero-order valence-corrected chi connectivity index (χ0v) is 15.6. The Morgan fingerprint density at radius 1 is 1.18 bits per heavy atom. The highest BCUT2D eigenvalue weighted by Gasteiger charge is 2.16. The van der Waals surface area contributed by atoms with Crippen LogP contribution in [-0.4, -0.2) is 50.9 Å². The molecule has 2 aromatic carbocycles. The number of amidine groups is 1. The number of aliphatic carboxylic acids is 1. The summed E-state index contributed by atoms with van der Waals surface area (Å²) in [4.78, 5) is 29.3. The van der Waals surface area contributed by atoms with Gasteiger partial charge < -0.3 is 20.3 Å². The van der Waals surface area contributed by atoms with Crippen molar-refractivity contribution in [1.82, 2.24) is 14.5 Å². The number of carboxylic acid groups (broad SMARTS) is 1. The smallest absolute Gasteiger partial charge is 0.305 e. The molecule has 8 nitrogen and oxygen atoms in total. The minimum absolute atomic E-state index is 0.00623. The number of hydrogen-bond acceptors (Lipinski definition) is 4. The van der Waals surface area contributed by atoms with Gasteiger partial charge in [-0.05, 0) is 18.2 Å². The van der Waals surface area contributed by atoms with Crippen LogP contribution < -0.4 is 5.73 Å². The van der Waals surface area contributed by atoms with E-state index in [0.717, 1.165) is 16.9 Å². The third-order valence-electron chi connectivity index (χ3n) is 4.59. The Morgan fingerprint density at radius 2 is 1.82 bits per heavy atom. The van der Waals surface area contributed by atoms with E-state index in [4.69, 9.17) is 16.2 Å². The molecule has 0 radical (unpaired) electrons. The van der Waals surface area contributed by atoms with E-state index >= 15 is 0 Å². The number of amides is 1. The number of hydrogen-bond donors (Lipinski definition) is 3. The highest BCUT2D eigenvalue weighted by atomic mass is 16.4. The maximum atomic E-state index is 12.5. The van der Waals surface area contributed by atoms with E-state index < -0.39 is 5.97 Å². The van der Waals surface area contributed by atoms with Crippen LogP contribution in [0.4, 0.5) is 0 Å². The van der Waals surface area contributed by atoms with Gasteiger partial charge >= 0.3 is 5.97 Å². The Hall–Kier alpha value is -3.68. The highest BCUT2D eigenvalue weighted by Crippen LogP contribution is 2.25. The molecular formula is C20H21N5O3. The van der Waals surface area contributed by atoms with Gasteiger partial charge in [0.25, 0.3) is 5.91 Å². The number of carbonyl (C=O) groups is 2. The average Bonchev–Trinajstić information content (AvgIpc) is 3.01. The van der Waals surface area contributed by atoms with Crippen molar-refractivity contribution in [2.75, 3.05) is 13.6 Å². The molecule has 8 heteroatoms. The number of fused-ring (bicyclic) bond motifs is 1. The van der Waals surface area contributed by atoms with Gasteiger partial charge in [-0.2, -0.15) is 0 Å². The summed E-state index contributed by atoms with van der Waals surface area (Å²) in [5.74, 6) is -0.456. The molecule has 0 atom stereocenters. The predicted molar refractivity (Wildman–Crippen MR) is 106 cm³/mol. The largest absolute Gasteiger partial charge is 0.481 e. The lowest BCUT2D eigenvalue weighted by atomic mass is 10.1. The minimum Gasteiger partial charge on any atom is -0.481 e. The molecule has 4 N–H and O–H groups in total. The Balaban J connectivity index is 1.92. The standard InChI is InChI=1S/C20H21N5O3/c1-24(10-9-17(26)27)20(28)14-7-8-16-15(11-14)23-19(25(16)2)13-5-3-12(4-6-13)18(21)22/h3-8,11H,9-10H2,1-2H3,(H3,21,22)(H,26,27). The molecule has 144 valence electrons. The number of nitrogens with one attached hydrogen (secondary N) is 1. The van der Waals surface area contributed by atoms with Crippen molar-refractivity contribution in [3.05, 3.63) is 53.6 Å². The van der Waals surface area contributed by atoms with Gasteiger partial charge in [0.05, 0.1) is 17.5 Å². The van der Waals surface area contributed by atoms with E-state index in [9.17, 15) is 9.59 Å². The molecule has 0 saturated carbocycles. The molecule has 0 bridgehead atoms. The first-order valence-electron chi connectivity index (χ1n) is 8.66. The second-order valence-corrected chi connectivity index (χ2v) is 6.56. The molecule has 1 aromatic heterocycles. The molecule has 1 heterocycles. The molecule has 28 heavy (non-hydrogen) atoms. The van der Waals surface area contributed by atoms with Crippen LogP contribution in [0, 0.1) is 5.41 Å². The fourth-order valence-electron chi connectivity index (χ4n) is 2.98. The molecule has 1 amide bonds. The number of aryl methyl sites for hydroxylation is 1. The zero-order valence-electron chi connectivity index (χ0n) is 15.6. The van der Waals surface area contributed by atoms with Crippen LogP contribution in [0.15, 0.2) is 42.5 Å². The van der Waals surface area contributed by atoms with Crippen LogP contribution in [-0.2, 0) is 11.8 Å². The summed E-state index contributed by atoms with van der Waals surface area (Å²) in [6.07, 6.45) is -0.103. The van der Waals surface area contributed by atoms with Gasteiger partial charge in [-0.3, -0.25) is 15.0 Å². The van der Waals surface area contributed by atoms with Crippen molar-refractivity contribution in [1.29, 1.82) is 5.41 Å². The van der Waals surface area contributed by atoms with E-state index in [0.29, 0.717) is 16.6 Å². The SMILES string of the molecule is CN(CCC(=O)O)C(=O)c1ccc2c(c1)nc(-c1ccc(C(=N)N)cc1)n2C. The quantitative estimate of drug-likeness (QED) is 0.446. The Labute approximate surface area is 161 Å². The summed E-state index contributed by atoms with van der Waals surface area (Å²) in [6.45, 7) is 0.141. The molecule has 0 spiro atoms. The number of carboxylic acids is 1. The van der Waals surface area contributed by atoms with Crippen LogP contribution in [0.1, 0.15) is 22.3 Å². The van der Waals surface area contributed by atoms with Crippen molar-refractivity contribution in [2.24, 2.45) is 12.8 Å². The third kappa shape index (κ3) is 3.71. The van der Waals surface area contributed by atoms with Gasteiger partial charge in [-0.25, -0.2) is 4.98 Å². The second-order valence-electron chi connectivity index (χ2n) is 6.56. The number of carbonyl (C=O) groups excluding carboxylic acids is 1. The Bertz CT molecular complexity index is 1070. The zero-order chi connectivity index (χ0) is 20.4. The first-order valence-corrected chi connectivity index (χ1v) is 8.66. The molecule has 3 rings (SSSR count). The summed E-state index contributed by atoms with van der Waals surface area (Å²) < 4.78 is 1.93. The molecular weight excluding hydrogens is 358 g/mol. The summed E-state index contributed by atoms with van der Waals surface area (Å²) in [6, 6.07) is 12.5. The van der Waals surface area contributed by atoms with Crippen LogP contribution in [0.25, 0.3) is 22.4 Å². The highest BCUT2D eigenvalue weighted by molar-refractivity contribution is 5.98. The molecule has 0 aliphatic rings. The van der Waals surface area contributed by atoms with Crippen LogP contribution in [0.2, 0.25) is 0 Å². The van der Waals surface area contributed by atoms with Crippen molar-refractivity contribution >= 4 is 28.7 Å². The van der Waals surface area contributed by atoms with Gasteiger partial charge in [0.2, 0.25) is 0 Å². The van der Waals surface area contributed by atoms with Gasteiger partial charge in [0.1, 0.15) is 11.7 Å². The van der Waals surface area contributed by atoms with Crippen molar-refractivity contribution in [3.8, 4) is 11.4 Å². The summed E-state index contributed by atoms with van der Waals surface area (Å²) in [5.41, 5.74) is 9.00. The van der Waals surface area contributed by atoms with E-state index in [1.54, 1.807) is 31.3 Å². The van der Waals surface area contributed by atoms with Gasteiger partial charge in [-0.15, -0.1) is 0 Å². The number of nitrogens with zero attached hydrogens (tertiary/aromatic N) is 3. The Kier molecular flexibility index (Phi) is 5.12. The summed E-state index contributed by atoms with van der Waals surface area (Å²) in [5, 5.41) is 16.3. The normalized spacial score (nSPS) is 10.8. The fraction of sp³-hybridized carbons (Fsp3) is 0.200. The molecule has 0 saturated heterocycles. The van der Waals surface area contributed by atoms with Crippen LogP contribution >= 0.6 is 0 Å². The summed E-state index contributed by atoms with van der Waals surface area (Å²) in [7, 11) is 3.47. The molecule has 0 unspecified atom stereocenters. The molecule has 0 fully saturated rings. The maximum Gasteiger partial charge on any atom is 0.305 e. The van der Waals surface area contributed by atoms with Gasteiger partial charge in [0, 0.05) is 37.3 Å². The first-order chi connectivity index (χ1) is 13.3. The second kappa shape index (κ2) is 7.51. The van der Waals surface area contributed by atoms with E-state index in [-0.39, 0.29) is 24.7 Å². The van der Waals surface area contributed by atoms with Crippen molar-refractivity contribution in [2.45, 2.75) is 6.42 Å². The fourth-order valence-corrected chi connectivity index (χ4v) is 2.98. The molecule has 0 aliphatic heterocycles. The van der Waals surface area contributed by atoms with Crippen LogP contribution in [0.5, 0.6) is 0 Å². The topological polar surface area (TPSA) is 125 Å². The number of nitrogens with two attached hydrogens (primary N) is 1. The van der Waals surface area contributed by atoms with Gasteiger partial charge in [0.15, 0.2) is 0 Å². The number of benzene rings is 2. The predicted octanol–water partition coefficient (Wildman–Crippen LogP) is 2.07. The number of aromatic nitrogens is 2. The van der Waals surface area contributed by atoms with Crippen LogP contribution in [0.3, 0.4) is 0 Å². The lowest BCUT2D eigenvalue weighted by Gasteiger charge is -2.15. The monoisotopic (exact) mass is 379 g/mol.